The highest BCUT2D eigenvalue weighted by Gasteiger charge is 1.96. The molecule has 0 bridgehead atoms. The monoisotopic (exact) mass is 314 g/mol. The van der Waals surface area contributed by atoms with Gasteiger partial charge in [-0.05, 0) is 23.3 Å². The van der Waals surface area contributed by atoms with Crippen LogP contribution in [0.4, 0.5) is 0 Å². The Morgan fingerprint density at radius 2 is 0.833 bits per heavy atom. The summed E-state index contributed by atoms with van der Waals surface area (Å²) in [6.45, 7) is 0. The van der Waals surface area contributed by atoms with Crippen LogP contribution in [0.25, 0.3) is 24.3 Å². The van der Waals surface area contributed by atoms with E-state index in [4.69, 9.17) is 0 Å². The molecule has 0 unspecified atom stereocenters. The highest BCUT2D eigenvalue weighted by molar-refractivity contribution is 5.75. The molecule has 0 saturated carbocycles. The number of hydrogen-bond donors (Lipinski definition) is 2. The maximum Gasteiger partial charge on any atom is 0.122 e. The van der Waals surface area contributed by atoms with Crippen molar-refractivity contribution in [2.24, 2.45) is 0 Å². The molecule has 0 aromatic heterocycles. The lowest BCUT2D eigenvalue weighted by Gasteiger charge is -2.00. The summed E-state index contributed by atoms with van der Waals surface area (Å²) in [5.41, 5.74) is 3.69. The molecule has 24 heavy (non-hydrogen) atoms. The number of rotatable bonds is 4. The van der Waals surface area contributed by atoms with Crippen LogP contribution in [-0.2, 0) is 0 Å². The SMILES string of the molecule is Oc1ccccc1/C=C/c1ccc(/C=C/c2ccccc2O)cc1. The van der Waals surface area contributed by atoms with Gasteiger partial charge in [0.15, 0.2) is 0 Å². The summed E-state index contributed by atoms with van der Waals surface area (Å²) in [7, 11) is 0. The second kappa shape index (κ2) is 7.34. The molecule has 0 aliphatic rings. The highest BCUT2D eigenvalue weighted by Crippen LogP contribution is 2.20. The third kappa shape index (κ3) is 3.93. The maximum absolute atomic E-state index is 9.75. The topological polar surface area (TPSA) is 40.5 Å². The number of aromatic hydroxyl groups is 2. The van der Waals surface area contributed by atoms with Crippen LogP contribution in [0.5, 0.6) is 11.5 Å². The predicted molar refractivity (Wildman–Crippen MR) is 101 cm³/mol. The zero-order valence-corrected chi connectivity index (χ0v) is 13.1. The van der Waals surface area contributed by atoms with Crippen LogP contribution in [0.2, 0.25) is 0 Å². The summed E-state index contributed by atoms with van der Waals surface area (Å²) >= 11 is 0. The van der Waals surface area contributed by atoms with E-state index < -0.39 is 0 Å². The second-order valence-corrected chi connectivity index (χ2v) is 5.45. The third-order valence-electron chi connectivity index (χ3n) is 3.72. The molecule has 2 heteroatoms. The van der Waals surface area contributed by atoms with Crippen molar-refractivity contribution in [2.75, 3.05) is 0 Å². The van der Waals surface area contributed by atoms with Crippen LogP contribution in [0.3, 0.4) is 0 Å². The van der Waals surface area contributed by atoms with Gasteiger partial charge in [-0.2, -0.15) is 0 Å². The van der Waals surface area contributed by atoms with E-state index in [0.29, 0.717) is 0 Å². The lowest BCUT2D eigenvalue weighted by atomic mass is 10.1. The first kappa shape index (κ1) is 15.6. The van der Waals surface area contributed by atoms with Crippen molar-refractivity contribution in [3.8, 4) is 11.5 Å². The van der Waals surface area contributed by atoms with Gasteiger partial charge in [-0.3, -0.25) is 0 Å². The molecular weight excluding hydrogens is 296 g/mol. The molecule has 0 aliphatic heterocycles. The molecule has 0 radical (unpaired) electrons. The molecule has 3 aromatic rings. The van der Waals surface area contributed by atoms with Gasteiger partial charge in [0.25, 0.3) is 0 Å². The molecule has 3 rings (SSSR count). The number of para-hydroxylation sites is 2. The van der Waals surface area contributed by atoms with Gasteiger partial charge in [-0.25, -0.2) is 0 Å². The van der Waals surface area contributed by atoms with Gasteiger partial charge in [-0.1, -0.05) is 85.0 Å². The van der Waals surface area contributed by atoms with Crippen LogP contribution >= 0.6 is 0 Å². The molecule has 0 saturated heterocycles. The average Bonchev–Trinajstić information content (AvgIpc) is 2.61. The molecule has 0 amide bonds. The molecule has 3 aromatic carbocycles. The first-order valence-electron chi connectivity index (χ1n) is 7.74. The molecule has 0 spiro atoms. The molecule has 2 nitrogen and oxygen atoms in total. The van der Waals surface area contributed by atoms with Crippen LogP contribution < -0.4 is 0 Å². The van der Waals surface area contributed by atoms with Crippen molar-refractivity contribution < 1.29 is 10.2 Å². The largest absolute Gasteiger partial charge is 0.507 e. The van der Waals surface area contributed by atoms with E-state index in [1.54, 1.807) is 24.3 Å². The molecular formula is C22H18O2. The maximum atomic E-state index is 9.75. The van der Waals surface area contributed by atoms with E-state index in [1.807, 2.05) is 72.8 Å². The zero-order valence-electron chi connectivity index (χ0n) is 13.1. The normalized spacial score (nSPS) is 11.3. The zero-order chi connectivity index (χ0) is 16.8. The fourth-order valence-electron chi connectivity index (χ4n) is 2.35. The number of phenols is 2. The smallest absolute Gasteiger partial charge is 0.122 e. The fraction of sp³-hybridized carbons (Fsp3) is 0. The van der Waals surface area contributed by atoms with Crippen LogP contribution in [0.15, 0.2) is 72.8 Å². The summed E-state index contributed by atoms with van der Waals surface area (Å²) in [6.07, 6.45) is 7.71. The Bertz CT molecular complexity index is 800. The first-order chi connectivity index (χ1) is 11.7. The molecule has 0 atom stereocenters. The summed E-state index contributed by atoms with van der Waals surface area (Å²) in [4.78, 5) is 0. The van der Waals surface area contributed by atoms with E-state index in [0.717, 1.165) is 22.3 Å². The van der Waals surface area contributed by atoms with E-state index in [1.165, 1.54) is 0 Å². The summed E-state index contributed by atoms with van der Waals surface area (Å²) in [5.74, 6) is 0.548. The Kier molecular flexibility index (Phi) is 4.78. The number of hydrogen-bond acceptors (Lipinski definition) is 2. The van der Waals surface area contributed by atoms with Gasteiger partial charge in [0.1, 0.15) is 11.5 Å². The molecule has 118 valence electrons. The Morgan fingerprint density at radius 3 is 1.21 bits per heavy atom. The molecule has 0 heterocycles. The predicted octanol–water partition coefficient (Wildman–Crippen LogP) is 5.44. The van der Waals surface area contributed by atoms with Gasteiger partial charge in [0.2, 0.25) is 0 Å². The van der Waals surface area contributed by atoms with Crippen molar-refractivity contribution in [3.63, 3.8) is 0 Å². The van der Waals surface area contributed by atoms with Crippen molar-refractivity contribution in [2.45, 2.75) is 0 Å². The van der Waals surface area contributed by atoms with E-state index >= 15 is 0 Å². The summed E-state index contributed by atoms with van der Waals surface area (Å²) in [6, 6.07) is 22.5. The summed E-state index contributed by atoms with van der Waals surface area (Å²) < 4.78 is 0. The number of benzene rings is 3. The minimum atomic E-state index is 0.274. The van der Waals surface area contributed by atoms with Crippen molar-refractivity contribution in [1.29, 1.82) is 0 Å². The van der Waals surface area contributed by atoms with Gasteiger partial charge in [0, 0.05) is 11.1 Å². The lowest BCUT2D eigenvalue weighted by Crippen LogP contribution is -1.77. The van der Waals surface area contributed by atoms with Gasteiger partial charge >= 0.3 is 0 Å². The quantitative estimate of drug-likeness (QED) is 0.630. The second-order valence-electron chi connectivity index (χ2n) is 5.45. The van der Waals surface area contributed by atoms with Crippen molar-refractivity contribution in [3.05, 3.63) is 95.1 Å². The standard InChI is InChI=1S/C22H18O2/c23-21-7-3-1-5-19(21)15-13-17-9-11-18(12-10-17)14-16-20-6-2-4-8-22(20)24/h1-16,23-24H/b15-13+,16-14+. The lowest BCUT2D eigenvalue weighted by molar-refractivity contribution is 0.473. The van der Waals surface area contributed by atoms with Gasteiger partial charge in [-0.15, -0.1) is 0 Å². The average molecular weight is 314 g/mol. The number of phenolic OH excluding ortho intramolecular Hbond substituents is 2. The van der Waals surface area contributed by atoms with Crippen LogP contribution in [0, 0.1) is 0 Å². The van der Waals surface area contributed by atoms with Crippen molar-refractivity contribution >= 4 is 24.3 Å². The molecule has 0 fully saturated rings. The Balaban J connectivity index is 1.72. The minimum absolute atomic E-state index is 0.274. The molecule has 0 aliphatic carbocycles. The van der Waals surface area contributed by atoms with E-state index in [-0.39, 0.29) is 11.5 Å². The fourth-order valence-corrected chi connectivity index (χ4v) is 2.35. The third-order valence-corrected chi connectivity index (χ3v) is 3.72. The van der Waals surface area contributed by atoms with Crippen LogP contribution in [0.1, 0.15) is 22.3 Å². The Hall–Kier alpha value is -3.26. The molecule has 2 N–H and O–H groups in total. The minimum Gasteiger partial charge on any atom is -0.507 e. The van der Waals surface area contributed by atoms with Crippen LogP contribution in [-0.4, -0.2) is 10.2 Å². The summed E-state index contributed by atoms with van der Waals surface area (Å²) in [5, 5.41) is 19.5. The van der Waals surface area contributed by atoms with E-state index in [9.17, 15) is 10.2 Å². The highest BCUT2D eigenvalue weighted by atomic mass is 16.3. The van der Waals surface area contributed by atoms with Gasteiger partial charge < -0.3 is 10.2 Å². The van der Waals surface area contributed by atoms with Gasteiger partial charge in [0.05, 0.1) is 0 Å². The Labute approximate surface area is 141 Å². The van der Waals surface area contributed by atoms with E-state index in [2.05, 4.69) is 0 Å². The Morgan fingerprint density at radius 1 is 0.458 bits per heavy atom. The first-order valence-corrected chi connectivity index (χ1v) is 7.74. The van der Waals surface area contributed by atoms with Crippen molar-refractivity contribution in [1.82, 2.24) is 0 Å².